The molecular weight excluding hydrogens is 442 g/mol. The number of urea groups is 1. The highest BCUT2D eigenvalue weighted by atomic mass is 35.5. The number of rotatable bonds is 8. The number of nitrogens with zero attached hydrogens (tertiary/aromatic N) is 5. The van der Waals surface area contributed by atoms with Gasteiger partial charge < -0.3 is 19.1 Å². The highest BCUT2D eigenvalue weighted by Gasteiger charge is 2.30. The van der Waals surface area contributed by atoms with E-state index in [1.807, 2.05) is 0 Å². The molecule has 0 bridgehead atoms. The summed E-state index contributed by atoms with van der Waals surface area (Å²) in [6.07, 6.45) is 1.15. The molecule has 164 valence electrons. The van der Waals surface area contributed by atoms with E-state index in [4.69, 9.17) is 25.8 Å². The lowest BCUT2D eigenvalue weighted by molar-refractivity contribution is 0.256. The lowest BCUT2D eigenvalue weighted by Gasteiger charge is -2.15. The molecule has 0 radical (unpaired) electrons. The van der Waals surface area contributed by atoms with Crippen LogP contribution in [0.25, 0.3) is 0 Å². The van der Waals surface area contributed by atoms with Gasteiger partial charge in [-0.2, -0.15) is 15.0 Å². The summed E-state index contributed by atoms with van der Waals surface area (Å²) < 4.78 is 42.6. The van der Waals surface area contributed by atoms with Gasteiger partial charge in [0.15, 0.2) is 10.6 Å². The summed E-state index contributed by atoms with van der Waals surface area (Å²) in [6, 6.07) is -1.20. The minimum atomic E-state index is -4.51. The van der Waals surface area contributed by atoms with Gasteiger partial charge in [0, 0.05) is 14.1 Å². The molecule has 0 atom stereocenters. The fourth-order valence-corrected chi connectivity index (χ4v) is 3.58. The van der Waals surface area contributed by atoms with Crippen LogP contribution in [0.5, 0.6) is 17.6 Å². The zero-order chi connectivity index (χ0) is 22.5. The lowest BCUT2D eigenvalue weighted by Crippen LogP contribution is -2.35. The molecule has 0 aliphatic rings. The average molecular weight is 462 g/mol. The first-order valence-corrected chi connectivity index (χ1v) is 10.2. The molecule has 2 aromatic heterocycles. The van der Waals surface area contributed by atoms with Crippen LogP contribution in [0.2, 0.25) is 5.02 Å². The number of sulfonamides is 1. The molecule has 0 saturated carbocycles. The van der Waals surface area contributed by atoms with Gasteiger partial charge in [-0.05, 0) is 6.92 Å². The number of nitrogens with one attached hydrogen (secondary N) is 2. The highest BCUT2D eigenvalue weighted by molar-refractivity contribution is 7.90. The van der Waals surface area contributed by atoms with Crippen molar-refractivity contribution in [2.24, 2.45) is 0 Å². The smallest absolute Gasteiger partial charge is 0.335 e. The maximum atomic E-state index is 12.8. The van der Waals surface area contributed by atoms with E-state index in [1.54, 1.807) is 30.6 Å². The van der Waals surface area contributed by atoms with Crippen LogP contribution in [0.15, 0.2) is 11.1 Å². The van der Waals surface area contributed by atoms with Gasteiger partial charge >= 0.3 is 12.0 Å². The molecule has 0 aromatic carbocycles. The number of anilines is 2. The number of amides is 2. The maximum Gasteiger partial charge on any atom is 0.335 e. The molecule has 30 heavy (non-hydrogen) atoms. The van der Waals surface area contributed by atoms with Gasteiger partial charge in [0.25, 0.3) is 10.0 Å². The van der Waals surface area contributed by atoms with E-state index in [-0.39, 0.29) is 41.2 Å². The topological polar surface area (TPSA) is 158 Å². The number of halogens is 1. The predicted molar refractivity (Wildman–Crippen MR) is 107 cm³/mol. The molecule has 15 heteroatoms. The lowest BCUT2D eigenvalue weighted by atomic mass is 10.4. The van der Waals surface area contributed by atoms with Crippen molar-refractivity contribution in [1.29, 1.82) is 0 Å². The number of carbonyl (C=O) groups excluding carboxylic acids is 1. The summed E-state index contributed by atoms with van der Waals surface area (Å²) >= 11 is 5.94. The fraction of sp³-hybridized carbons (Fsp3) is 0.400. The first-order chi connectivity index (χ1) is 14.1. The molecule has 2 heterocycles. The largest absolute Gasteiger partial charge is 0.493 e. The SMILES string of the molecule is CCOc1nc(NC(=O)NS(=O)(=O)c2c(OC)ncc(Cl)c2OC)nc(N(C)C)n1. The summed E-state index contributed by atoms with van der Waals surface area (Å²) in [7, 11) is 1.25. The van der Waals surface area contributed by atoms with Crippen molar-refractivity contribution in [2.45, 2.75) is 11.8 Å². The summed E-state index contributed by atoms with van der Waals surface area (Å²) in [5.74, 6) is -0.593. The van der Waals surface area contributed by atoms with Gasteiger partial charge in [-0.15, -0.1) is 0 Å². The van der Waals surface area contributed by atoms with Crippen molar-refractivity contribution in [1.82, 2.24) is 24.7 Å². The second-order valence-electron chi connectivity index (χ2n) is 5.61. The number of hydrogen-bond donors (Lipinski definition) is 2. The Bertz CT molecular complexity index is 1030. The first-order valence-electron chi connectivity index (χ1n) is 8.29. The van der Waals surface area contributed by atoms with Crippen molar-refractivity contribution < 1.29 is 27.4 Å². The second-order valence-corrected chi connectivity index (χ2v) is 7.63. The fourth-order valence-electron chi connectivity index (χ4n) is 2.11. The van der Waals surface area contributed by atoms with E-state index in [1.165, 1.54) is 14.2 Å². The van der Waals surface area contributed by atoms with Crippen LogP contribution < -0.4 is 29.1 Å². The number of carbonyl (C=O) groups is 1. The Kier molecular flexibility index (Phi) is 7.39. The van der Waals surface area contributed by atoms with Crippen LogP contribution >= 0.6 is 11.6 Å². The quantitative estimate of drug-likeness (QED) is 0.575. The van der Waals surface area contributed by atoms with Crippen molar-refractivity contribution in [3.63, 3.8) is 0 Å². The third kappa shape index (κ3) is 5.27. The summed E-state index contributed by atoms with van der Waals surface area (Å²) in [5, 5.41) is 2.13. The molecule has 0 spiro atoms. The zero-order valence-corrected chi connectivity index (χ0v) is 18.3. The third-order valence-corrected chi connectivity index (χ3v) is 4.93. The zero-order valence-electron chi connectivity index (χ0n) is 16.8. The van der Waals surface area contributed by atoms with Gasteiger partial charge in [-0.25, -0.2) is 22.9 Å². The summed E-state index contributed by atoms with van der Waals surface area (Å²) in [6.45, 7) is 2.00. The van der Waals surface area contributed by atoms with E-state index in [9.17, 15) is 13.2 Å². The minimum absolute atomic E-state index is 0.0447. The second kappa shape index (κ2) is 9.58. The number of ether oxygens (including phenoxy) is 3. The van der Waals surface area contributed by atoms with Gasteiger partial charge in [-0.1, -0.05) is 11.6 Å². The van der Waals surface area contributed by atoms with Crippen molar-refractivity contribution in [3.8, 4) is 17.6 Å². The average Bonchev–Trinajstić information content (AvgIpc) is 2.67. The number of methoxy groups -OCH3 is 2. The van der Waals surface area contributed by atoms with Crippen LogP contribution in [0.3, 0.4) is 0 Å². The van der Waals surface area contributed by atoms with E-state index in [0.717, 1.165) is 6.20 Å². The standard InChI is InChI=1S/C15H20ClN7O6S/c1-6-29-15-20-12(18-13(21-15)23(2)3)19-14(24)22-30(25,26)10-9(27-4)8(16)7-17-11(10)28-5/h7H,6H2,1-5H3,(H2,18,19,20,21,22,24). The molecule has 0 fully saturated rings. The van der Waals surface area contributed by atoms with Crippen LogP contribution in [-0.2, 0) is 10.0 Å². The third-order valence-electron chi connectivity index (χ3n) is 3.31. The predicted octanol–water partition coefficient (Wildman–Crippen LogP) is 0.912. The van der Waals surface area contributed by atoms with Crippen molar-refractivity contribution in [3.05, 3.63) is 11.2 Å². The Labute approximate surface area is 177 Å². The van der Waals surface area contributed by atoms with Crippen molar-refractivity contribution in [2.75, 3.05) is 45.1 Å². The Morgan fingerprint density at radius 3 is 2.47 bits per heavy atom. The number of hydrogen-bond acceptors (Lipinski definition) is 11. The molecule has 0 saturated heterocycles. The van der Waals surface area contributed by atoms with E-state index in [0.29, 0.717) is 0 Å². The van der Waals surface area contributed by atoms with Crippen LogP contribution in [0.4, 0.5) is 16.7 Å². The molecule has 0 aliphatic heterocycles. The number of aromatic nitrogens is 4. The normalized spacial score (nSPS) is 10.9. The highest BCUT2D eigenvalue weighted by Crippen LogP contribution is 2.36. The van der Waals surface area contributed by atoms with Crippen LogP contribution in [0.1, 0.15) is 6.92 Å². The molecule has 0 unspecified atom stereocenters. The molecule has 2 amide bonds. The van der Waals surface area contributed by atoms with E-state index >= 15 is 0 Å². The Morgan fingerprint density at radius 2 is 1.90 bits per heavy atom. The first kappa shape index (κ1) is 23.2. The molecule has 13 nitrogen and oxygen atoms in total. The molecule has 2 rings (SSSR count). The molecule has 2 N–H and O–H groups in total. The van der Waals surface area contributed by atoms with Crippen LogP contribution in [0, 0.1) is 0 Å². The van der Waals surface area contributed by atoms with Gasteiger partial charge in [-0.3, -0.25) is 5.32 Å². The van der Waals surface area contributed by atoms with Gasteiger partial charge in [0.1, 0.15) is 5.02 Å². The number of pyridine rings is 1. The van der Waals surface area contributed by atoms with E-state index in [2.05, 4.69) is 25.3 Å². The van der Waals surface area contributed by atoms with Gasteiger partial charge in [0.2, 0.25) is 17.8 Å². The van der Waals surface area contributed by atoms with Crippen LogP contribution in [-0.4, -0.2) is 69.3 Å². The molecule has 2 aromatic rings. The summed E-state index contributed by atoms with van der Waals surface area (Å²) in [4.78, 5) is 29.1. The Morgan fingerprint density at radius 1 is 1.20 bits per heavy atom. The van der Waals surface area contributed by atoms with Crippen molar-refractivity contribution >= 4 is 39.6 Å². The summed E-state index contributed by atoms with van der Waals surface area (Å²) in [5.41, 5.74) is 0. The molecular formula is C15H20ClN7O6S. The molecule has 0 aliphatic carbocycles. The van der Waals surface area contributed by atoms with E-state index < -0.39 is 20.9 Å². The maximum absolute atomic E-state index is 12.8. The van der Waals surface area contributed by atoms with Gasteiger partial charge in [0.05, 0.1) is 27.0 Å². The monoisotopic (exact) mass is 461 g/mol. The Hall–Kier alpha value is -3.13. The minimum Gasteiger partial charge on any atom is -0.493 e. The Balaban J connectivity index is 2.34.